The number of hydrazine groups is 1. The molecule has 11 heavy (non-hydrogen) atoms. The average molecular weight is 156 g/mol. The smallest absolute Gasteiger partial charge is 0.0594 e. The van der Waals surface area contributed by atoms with Crippen LogP contribution in [0.1, 0.15) is 19.3 Å². The fourth-order valence-corrected chi connectivity index (χ4v) is 1.35. The van der Waals surface area contributed by atoms with Gasteiger partial charge in [-0.05, 0) is 19.3 Å². The summed E-state index contributed by atoms with van der Waals surface area (Å²) in [6.07, 6.45) is 5.49. The minimum absolute atomic E-state index is 0.193. The SMILES string of the molecule is C=CC(CC1CCCO1)NN. The minimum Gasteiger partial charge on any atom is -0.378 e. The van der Waals surface area contributed by atoms with E-state index >= 15 is 0 Å². The van der Waals surface area contributed by atoms with Crippen molar-refractivity contribution < 1.29 is 4.74 Å². The lowest BCUT2D eigenvalue weighted by Crippen LogP contribution is -2.35. The zero-order valence-corrected chi connectivity index (χ0v) is 6.75. The van der Waals surface area contributed by atoms with Gasteiger partial charge in [0, 0.05) is 12.6 Å². The summed E-state index contributed by atoms with van der Waals surface area (Å²) in [4.78, 5) is 0. The van der Waals surface area contributed by atoms with Crippen molar-refractivity contribution in [1.29, 1.82) is 0 Å². The van der Waals surface area contributed by atoms with Gasteiger partial charge in [-0.15, -0.1) is 6.58 Å². The lowest BCUT2D eigenvalue weighted by Gasteiger charge is -2.15. The summed E-state index contributed by atoms with van der Waals surface area (Å²) in [6.45, 7) is 4.58. The molecule has 3 heteroatoms. The number of nitrogens with two attached hydrogens (primary N) is 1. The third-order valence-electron chi connectivity index (χ3n) is 2.04. The van der Waals surface area contributed by atoms with Crippen molar-refractivity contribution in [3.63, 3.8) is 0 Å². The summed E-state index contributed by atoms with van der Waals surface area (Å²) in [7, 11) is 0. The molecule has 0 aromatic heterocycles. The predicted octanol–water partition coefficient (Wildman–Crippen LogP) is 0.573. The second kappa shape index (κ2) is 4.49. The molecular weight excluding hydrogens is 140 g/mol. The topological polar surface area (TPSA) is 47.3 Å². The summed E-state index contributed by atoms with van der Waals surface area (Å²) in [5, 5.41) is 0. The normalized spacial score (nSPS) is 26.8. The molecule has 1 saturated heterocycles. The van der Waals surface area contributed by atoms with E-state index in [9.17, 15) is 0 Å². The van der Waals surface area contributed by atoms with Gasteiger partial charge in [0.1, 0.15) is 0 Å². The van der Waals surface area contributed by atoms with Crippen molar-refractivity contribution in [3.8, 4) is 0 Å². The summed E-state index contributed by atoms with van der Waals surface area (Å²) in [5.41, 5.74) is 2.68. The maximum absolute atomic E-state index is 5.44. The van der Waals surface area contributed by atoms with Gasteiger partial charge >= 0.3 is 0 Å². The van der Waals surface area contributed by atoms with Crippen LogP contribution in [0.4, 0.5) is 0 Å². The fraction of sp³-hybridized carbons (Fsp3) is 0.750. The standard InChI is InChI=1S/C8H16N2O/c1-2-7(10-9)6-8-4-3-5-11-8/h2,7-8,10H,1,3-6,9H2. The first kappa shape index (κ1) is 8.71. The van der Waals surface area contributed by atoms with Gasteiger partial charge in [-0.2, -0.15) is 0 Å². The number of rotatable bonds is 4. The Balaban J connectivity index is 2.21. The number of hydrogen-bond donors (Lipinski definition) is 2. The maximum Gasteiger partial charge on any atom is 0.0594 e. The van der Waals surface area contributed by atoms with Gasteiger partial charge in [-0.1, -0.05) is 6.08 Å². The van der Waals surface area contributed by atoms with Gasteiger partial charge in [-0.3, -0.25) is 11.3 Å². The molecular formula is C8H16N2O. The van der Waals surface area contributed by atoms with Crippen LogP contribution in [0.25, 0.3) is 0 Å². The van der Waals surface area contributed by atoms with Crippen LogP contribution in [-0.2, 0) is 4.74 Å². The van der Waals surface area contributed by atoms with Crippen LogP contribution in [0.3, 0.4) is 0 Å². The summed E-state index contributed by atoms with van der Waals surface area (Å²) >= 11 is 0. The average Bonchev–Trinajstić information content (AvgIpc) is 2.52. The molecule has 0 aromatic rings. The van der Waals surface area contributed by atoms with E-state index in [1.165, 1.54) is 6.42 Å². The third-order valence-corrected chi connectivity index (χ3v) is 2.04. The Kier molecular flexibility index (Phi) is 3.56. The van der Waals surface area contributed by atoms with Crippen LogP contribution in [0.5, 0.6) is 0 Å². The molecule has 0 saturated carbocycles. The van der Waals surface area contributed by atoms with Crippen molar-refractivity contribution in [2.75, 3.05) is 6.61 Å². The molecule has 0 aliphatic carbocycles. The zero-order chi connectivity index (χ0) is 8.10. The lowest BCUT2D eigenvalue weighted by atomic mass is 10.1. The van der Waals surface area contributed by atoms with E-state index < -0.39 is 0 Å². The molecule has 1 heterocycles. The third kappa shape index (κ3) is 2.61. The van der Waals surface area contributed by atoms with E-state index in [0.29, 0.717) is 6.10 Å². The van der Waals surface area contributed by atoms with Crippen LogP contribution >= 0.6 is 0 Å². The van der Waals surface area contributed by atoms with Crippen LogP contribution in [-0.4, -0.2) is 18.8 Å². The van der Waals surface area contributed by atoms with E-state index in [1.54, 1.807) is 0 Å². The first-order valence-electron chi connectivity index (χ1n) is 4.07. The highest BCUT2D eigenvalue weighted by Gasteiger charge is 2.18. The first-order chi connectivity index (χ1) is 5.36. The van der Waals surface area contributed by atoms with Crippen LogP contribution in [0.15, 0.2) is 12.7 Å². The molecule has 3 nitrogen and oxygen atoms in total. The Hall–Kier alpha value is -0.380. The monoisotopic (exact) mass is 156 g/mol. The number of ether oxygens (including phenoxy) is 1. The van der Waals surface area contributed by atoms with Crippen molar-refractivity contribution >= 4 is 0 Å². The molecule has 0 aromatic carbocycles. The Morgan fingerprint density at radius 3 is 3.09 bits per heavy atom. The highest BCUT2D eigenvalue weighted by molar-refractivity contribution is 4.86. The van der Waals surface area contributed by atoms with Gasteiger partial charge < -0.3 is 4.74 Å². The molecule has 1 aliphatic rings. The van der Waals surface area contributed by atoms with Gasteiger partial charge in [0.25, 0.3) is 0 Å². The fourth-order valence-electron chi connectivity index (χ4n) is 1.35. The van der Waals surface area contributed by atoms with Gasteiger partial charge in [-0.25, -0.2) is 0 Å². The molecule has 3 N–H and O–H groups in total. The molecule has 1 aliphatic heterocycles. The van der Waals surface area contributed by atoms with Gasteiger partial charge in [0.05, 0.1) is 6.10 Å². The van der Waals surface area contributed by atoms with Crippen molar-refractivity contribution in [1.82, 2.24) is 5.43 Å². The Labute approximate surface area is 67.6 Å². The van der Waals surface area contributed by atoms with Gasteiger partial charge in [0.15, 0.2) is 0 Å². The summed E-state index contributed by atoms with van der Waals surface area (Å²) in [6, 6.07) is 0.193. The van der Waals surface area contributed by atoms with E-state index in [0.717, 1.165) is 19.4 Å². The molecule has 0 spiro atoms. The summed E-state index contributed by atoms with van der Waals surface area (Å²) < 4.78 is 5.44. The van der Waals surface area contributed by atoms with E-state index in [4.69, 9.17) is 10.6 Å². The first-order valence-corrected chi connectivity index (χ1v) is 4.07. The van der Waals surface area contributed by atoms with Crippen molar-refractivity contribution in [2.45, 2.75) is 31.4 Å². The second-order valence-corrected chi connectivity index (χ2v) is 2.88. The number of hydrogen-bond acceptors (Lipinski definition) is 3. The molecule has 0 bridgehead atoms. The molecule has 2 unspecified atom stereocenters. The zero-order valence-electron chi connectivity index (χ0n) is 6.75. The number of nitrogens with one attached hydrogen (secondary N) is 1. The Bertz CT molecular complexity index is 121. The van der Waals surface area contributed by atoms with E-state index in [2.05, 4.69) is 12.0 Å². The minimum atomic E-state index is 0.193. The van der Waals surface area contributed by atoms with Crippen LogP contribution in [0, 0.1) is 0 Å². The Morgan fingerprint density at radius 2 is 2.64 bits per heavy atom. The second-order valence-electron chi connectivity index (χ2n) is 2.88. The largest absolute Gasteiger partial charge is 0.378 e. The van der Waals surface area contributed by atoms with E-state index in [-0.39, 0.29) is 6.04 Å². The molecule has 1 fully saturated rings. The summed E-state index contributed by atoms with van der Waals surface area (Å²) in [5.74, 6) is 5.28. The molecule has 1 rings (SSSR count). The van der Waals surface area contributed by atoms with Crippen molar-refractivity contribution in [2.24, 2.45) is 5.84 Å². The lowest BCUT2D eigenvalue weighted by molar-refractivity contribution is 0.0988. The molecule has 0 radical (unpaired) electrons. The van der Waals surface area contributed by atoms with E-state index in [1.807, 2.05) is 6.08 Å². The highest BCUT2D eigenvalue weighted by Crippen LogP contribution is 2.16. The van der Waals surface area contributed by atoms with Crippen molar-refractivity contribution in [3.05, 3.63) is 12.7 Å². The van der Waals surface area contributed by atoms with Crippen LogP contribution in [0.2, 0.25) is 0 Å². The predicted molar refractivity (Wildman–Crippen MR) is 44.9 cm³/mol. The van der Waals surface area contributed by atoms with Crippen LogP contribution < -0.4 is 11.3 Å². The Morgan fingerprint density at radius 1 is 1.82 bits per heavy atom. The molecule has 64 valence electrons. The highest BCUT2D eigenvalue weighted by atomic mass is 16.5. The molecule has 0 amide bonds. The maximum atomic E-state index is 5.44. The quantitative estimate of drug-likeness (QED) is 0.355. The molecule has 2 atom stereocenters. The van der Waals surface area contributed by atoms with Gasteiger partial charge in [0.2, 0.25) is 0 Å².